The number of methoxy groups -OCH3 is 2. The van der Waals surface area contributed by atoms with Crippen LogP contribution in [0.3, 0.4) is 0 Å². The zero-order chi connectivity index (χ0) is 19.5. The topological polar surface area (TPSA) is 18.5 Å². The minimum absolute atomic E-state index is 0.201. The van der Waals surface area contributed by atoms with Gasteiger partial charge >= 0.3 is 0 Å². The Morgan fingerprint density at radius 3 is 1.57 bits per heavy atom. The van der Waals surface area contributed by atoms with E-state index < -0.39 is 0 Å². The highest BCUT2D eigenvalue weighted by Crippen LogP contribution is 2.68. The molecule has 0 aliphatic heterocycles. The Hall–Kier alpha value is -1.00. The van der Waals surface area contributed by atoms with E-state index >= 15 is 0 Å². The summed E-state index contributed by atoms with van der Waals surface area (Å²) in [5.41, 5.74) is 3.20. The molecule has 0 N–H and O–H groups in total. The minimum atomic E-state index is 0.201. The van der Waals surface area contributed by atoms with Crippen molar-refractivity contribution < 1.29 is 9.47 Å². The summed E-state index contributed by atoms with van der Waals surface area (Å²) in [5, 5.41) is 0. The van der Waals surface area contributed by atoms with Crippen molar-refractivity contribution in [1.29, 1.82) is 0 Å². The molecule has 4 heteroatoms. The van der Waals surface area contributed by atoms with Crippen LogP contribution >= 0.6 is 31.9 Å². The van der Waals surface area contributed by atoms with Gasteiger partial charge in [0.15, 0.2) is 0 Å². The van der Waals surface area contributed by atoms with Crippen molar-refractivity contribution in [2.75, 3.05) is 14.2 Å². The molecule has 148 valence electrons. The summed E-state index contributed by atoms with van der Waals surface area (Å²) in [6, 6.07) is 13.1. The standard InChI is InChI=1S/C24H26Br2O2/c1-27-21-5-3-17(25)8-19(21)23-10-15-7-16(11-23)13-24(12-15,14-23)20-9-18(26)4-6-22(20)28-2/h3-6,8-9,15-16H,7,10-14H2,1-2H3. The first-order valence-corrected chi connectivity index (χ1v) is 11.7. The number of halogens is 2. The lowest BCUT2D eigenvalue weighted by Crippen LogP contribution is -2.56. The monoisotopic (exact) mass is 504 g/mol. The molecule has 0 unspecified atom stereocenters. The summed E-state index contributed by atoms with van der Waals surface area (Å²) in [7, 11) is 3.61. The first kappa shape index (κ1) is 19.0. The van der Waals surface area contributed by atoms with Gasteiger partial charge in [-0.2, -0.15) is 0 Å². The van der Waals surface area contributed by atoms with Crippen LogP contribution in [0, 0.1) is 11.8 Å². The summed E-state index contributed by atoms with van der Waals surface area (Å²) in [5.74, 6) is 3.66. The Morgan fingerprint density at radius 1 is 0.750 bits per heavy atom. The van der Waals surface area contributed by atoms with E-state index in [0.29, 0.717) is 0 Å². The normalized spacial score (nSPS) is 33.1. The van der Waals surface area contributed by atoms with Crippen LogP contribution in [-0.2, 0) is 10.8 Å². The molecule has 4 saturated carbocycles. The lowest BCUT2D eigenvalue weighted by Gasteiger charge is -2.63. The van der Waals surface area contributed by atoms with Gasteiger partial charge in [0.2, 0.25) is 0 Å². The Bertz CT molecular complexity index is 837. The molecule has 0 spiro atoms. The van der Waals surface area contributed by atoms with Crippen LogP contribution in [-0.4, -0.2) is 14.2 Å². The van der Waals surface area contributed by atoms with Gasteiger partial charge in [0.25, 0.3) is 0 Å². The number of ether oxygens (including phenoxy) is 2. The summed E-state index contributed by atoms with van der Waals surface area (Å²) < 4.78 is 14.0. The molecule has 0 saturated heterocycles. The van der Waals surface area contributed by atoms with E-state index in [-0.39, 0.29) is 10.8 Å². The van der Waals surface area contributed by atoms with E-state index in [0.717, 1.165) is 32.3 Å². The van der Waals surface area contributed by atoms with Gasteiger partial charge in [0, 0.05) is 30.9 Å². The summed E-state index contributed by atoms with van der Waals surface area (Å²) >= 11 is 7.43. The maximum Gasteiger partial charge on any atom is 0.122 e. The van der Waals surface area contributed by atoms with Crippen molar-refractivity contribution in [2.45, 2.75) is 49.4 Å². The molecule has 0 aromatic heterocycles. The van der Waals surface area contributed by atoms with Crippen molar-refractivity contribution >= 4 is 31.9 Å². The van der Waals surface area contributed by atoms with Gasteiger partial charge in [-0.15, -0.1) is 0 Å². The van der Waals surface area contributed by atoms with Gasteiger partial charge in [-0.05, 0) is 86.8 Å². The van der Waals surface area contributed by atoms with Gasteiger partial charge < -0.3 is 9.47 Å². The second-order valence-electron chi connectivity index (χ2n) is 9.21. The fourth-order valence-electron chi connectivity index (χ4n) is 7.08. The number of rotatable bonds is 4. The van der Waals surface area contributed by atoms with E-state index in [1.165, 1.54) is 49.7 Å². The van der Waals surface area contributed by atoms with E-state index in [4.69, 9.17) is 9.47 Å². The predicted molar refractivity (Wildman–Crippen MR) is 119 cm³/mol. The Morgan fingerprint density at radius 2 is 1.18 bits per heavy atom. The Labute approximate surface area is 184 Å². The fourth-order valence-corrected chi connectivity index (χ4v) is 7.80. The third kappa shape index (κ3) is 2.86. The number of benzene rings is 2. The molecule has 2 aromatic rings. The fraction of sp³-hybridized carbons (Fsp3) is 0.500. The maximum atomic E-state index is 5.84. The lowest BCUT2D eigenvalue weighted by atomic mass is 9.41. The highest BCUT2D eigenvalue weighted by molar-refractivity contribution is 9.10. The average Bonchev–Trinajstić information content (AvgIpc) is 2.67. The second kappa shape index (κ2) is 6.77. The molecule has 4 fully saturated rings. The average molecular weight is 506 g/mol. The summed E-state index contributed by atoms with van der Waals surface area (Å²) in [4.78, 5) is 0. The SMILES string of the molecule is COc1ccc(Br)cc1C12CC3CC(C1)CC(c1cc(Br)ccc1OC)(C3)C2. The van der Waals surface area contributed by atoms with Crippen LogP contribution in [0.4, 0.5) is 0 Å². The van der Waals surface area contributed by atoms with Crippen LogP contribution < -0.4 is 9.47 Å². The van der Waals surface area contributed by atoms with Gasteiger partial charge in [0.05, 0.1) is 14.2 Å². The Kier molecular flexibility index (Phi) is 4.59. The van der Waals surface area contributed by atoms with Crippen molar-refractivity contribution in [3.05, 3.63) is 56.5 Å². The van der Waals surface area contributed by atoms with Crippen molar-refractivity contribution in [3.63, 3.8) is 0 Å². The third-order valence-electron chi connectivity index (χ3n) is 7.53. The maximum absolute atomic E-state index is 5.84. The third-order valence-corrected chi connectivity index (χ3v) is 8.51. The van der Waals surface area contributed by atoms with Gasteiger partial charge in [-0.25, -0.2) is 0 Å². The second-order valence-corrected chi connectivity index (χ2v) is 11.0. The first-order chi connectivity index (χ1) is 13.5. The van der Waals surface area contributed by atoms with E-state index in [2.05, 4.69) is 68.3 Å². The van der Waals surface area contributed by atoms with Crippen LogP contribution in [0.15, 0.2) is 45.3 Å². The largest absolute Gasteiger partial charge is 0.496 e. The van der Waals surface area contributed by atoms with Gasteiger partial charge in [-0.1, -0.05) is 31.9 Å². The highest BCUT2D eigenvalue weighted by atomic mass is 79.9. The summed E-state index contributed by atoms with van der Waals surface area (Å²) in [6.07, 6.45) is 7.72. The molecule has 2 aromatic carbocycles. The minimum Gasteiger partial charge on any atom is -0.496 e. The number of hydrogen-bond donors (Lipinski definition) is 0. The summed E-state index contributed by atoms with van der Waals surface area (Å²) in [6.45, 7) is 0. The van der Waals surface area contributed by atoms with Gasteiger partial charge in [0.1, 0.15) is 11.5 Å². The molecular formula is C24H26Br2O2. The van der Waals surface area contributed by atoms with E-state index in [9.17, 15) is 0 Å². The molecule has 28 heavy (non-hydrogen) atoms. The smallest absolute Gasteiger partial charge is 0.122 e. The predicted octanol–water partition coefficient (Wildman–Crippen LogP) is 7.02. The molecule has 0 heterocycles. The van der Waals surface area contributed by atoms with Crippen LogP contribution in [0.2, 0.25) is 0 Å². The number of hydrogen-bond acceptors (Lipinski definition) is 2. The molecular weight excluding hydrogens is 480 g/mol. The van der Waals surface area contributed by atoms with Gasteiger partial charge in [-0.3, -0.25) is 0 Å². The van der Waals surface area contributed by atoms with Crippen LogP contribution in [0.5, 0.6) is 11.5 Å². The van der Waals surface area contributed by atoms with E-state index in [1.807, 2.05) is 0 Å². The Balaban J connectivity index is 1.67. The quantitative estimate of drug-likeness (QED) is 0.444. The van der Waals surface area contributed by atoms with Crippen LogP contribution in [0.1, 0.15) is 49.7 Å². The lowest BCUT2D eigenvalue weighted by molar-refractivity contribution is -0.0297. The zero-order valence-corrected chi connectivity index (χ0v) is 19.6. The zero-order valence-electron chi connectivity index (χ0n) is 16.4. The molecule has 0 radical (unpaired) electrons. The molecule has 0 atom stereocenters. The van der Waals surface area contributed by atoms with Crippen molar-refractivity contribution in [2.24, 2.45) is 11.8 Å². The van der Waals surface area contributed by atoms with Crippen molar-refractivity contribution in [3.8, 4) is 11.5 Å². The molecule has 4 aliphatic carbocycles. The first-order valence-electron chi connectivity index (χ1n) is 10.1. The molecule has 2 nitrogen and oxygen atoms in total. The molecule has 6 rings (SSSR count). The van der Waals surface area contributed by atoms with Crippen LogP contribution in [0.25, 0.3) is 0 Å². The molecule has 0 amide bonds. The molecule has 4 bridgehead atoms. The van der Waals surface area contributed by atoms with Crippen molar-refractivity contribution in [1.82, 2.24) is 0 Å². The molecule has 4 aliphatic rings. The van der Waals surface area contributed by atoms with E-state index in [1.54, 1.807) is 14.2 Å². The highest BCUT2D eigenvalue weighted by Gasteiger charge is 2.59.